The molecule has 3 aromatic heterocycles. The van der Waals surface area contributed by atoms with Gasteiger partial charge in [0.25, 0.3) is 11.8 Å². The standard InChI is InChI=1S/C25H30N10O3S.C2H6/c1-5-10-34(24(37)20-15(2)35(32-29-20)22-21(26-3)30-38-31-22)13-16-7-6-8-17(12-16)23(36)28-25-27-18-9-11-33(4)14-19(18)39-25;1-2/h6-8,12H,5,9-11,13-14H2,1-4H3,(H,26,30)(H,27,28,36);1-2H3. The zero-order valence-corrected chi connectivity index (χ0v) is 25.1. The molecule has 1 aromatic carbocycles. The van der Waals surface area contributed by atoms with E-state index in [0.29, 0.717) is 41.1 Å². The third kappa shape index (κ3) is 6.60. The second-order valence-corrected chi connectivity index (χ2v) is 10.5. The number of carbonyl (C=O) groups excluding carboxylic acids is 2. The molecule has 14 heteroatoms. The van der Waals surface area contributed by atoms with Crippen molar-refractivity contribution in [1.82, 2.24) is 40.1 Å². The van der Waals surface area contributed by atoms with E-state index in [1.165, 1.54) is 20.9 Å². The highest BCUT2D eigenvalue weighted by Gasteiger charge is 2.26. The van der Waals surface area contributed by atoms with E-state index >= 15 is 0 Å². The van der Waals surface area contributed by atoms with Crippen molar-refractivity contribution < 1.29 is 14.2 Å². The third-order valence-electron chi connectivity index (χ3n) is 6.49. The van der Waals surface area contributed by atoms with Gasteiger partial charge in [-0.05, 0) is 48.4 Å². The zero-order chi connectivity index (χ0) is 29.5. The molecule has 41 heavy (non-hydrogen) atoms. The Balaban J connectivity index is 0.00000189. The van der Waals surface area contributed by atoms with E-state index in [4.69, 9.17) is 4.63 Å². The van der Waals surface area contributed by atoms with Gasteiger partial charge in [0.2, 0.25) is 11.6 Å². The topological polar surface area (TPSA) is 147 Å². The molecule has 13 nitrogen and oxygen atoms in total. The number of rotatable bonds is 9. The first kappa shape index (κ1) is 29.8. The number of anilines is 2. The van der Waals surface area contributed by atoms with E-state index in [9.17, 15) is 9.59 Å². The molecule has 5 rings (SSSR count). The molecule has 0 bridgehead atoms. The number of nitrogens with zero attached hydrogens (tertiary/aromatic N) is 8. The summed E-state index contributed by atoms with van der Waals surface area (Å²) in [6.07, 6.45) is 1.63. The van der Waals surface area contributed by atoms with Crippen LogP contribution in [0.2, 0.25) is 0 Å². The predicted molar refractivity (Wildman–Crippen MR) is 156 cm³/mol. The summed E-state index contributed by atoms with van der Waals surface area (Å²) >= 11 is 1.52. The summed E-state index contributed by atoms with van der Waals surface area (Å²) in [4.78, 5) is 36.3. The molecule has 4 heterocycles. The maximum atomic E-state index is 13.5. The fourth-order valence-electron chi connectivity index (χ4n) is 4.46. The average molecular weight is 581 g/mol. The number of amides is 2. The number of hydrogen-bond acceptors (Lipinski definition) is 11. The zero-order valence-electron chi connectivity index (χ0n) is 24.3. The lowest BCUT2D eigenvalue weighted by molar-refractivity contribution is 0.0736. The number of thiazole rings is 1. The lowest BCUT2D eigenvalue weighted by atomic mass is 10.1. The quantitative estimate of drug-likeness (QED) is 0.300. The van der Waals surface area contributed by atoms with Gasteiger partial charge in [-0.2, -0.15) is 4.68 Å². The first-order chi connectivity index (χ1) is 19.9. The van der Waals surface area contributed by atoms with Crippen molar-refractivity contribution in [2.75, 3.05) is 37.8 Å². The highest BCUT2D eigenvalue weighted by Crippen LogP contribution is 2.28. The molecule has 0 saturated heterocycles. The number of carbonyl (C=O) groups is 2. The SMILES string of the molecule is CC.CCCN(Cc1cccc(C(=O)Nc2nc3c(s2)CN(C)CC3)c1)C(=O)c1nnn(-c2nonc2NC)c1C. The van der Waals surface area contributed by atoms with Crippen LogP contribution in [-0.4, -0.2) is 79.1 Å². The van der Waals surface area contributed by atoms with Gasteiger partial charge in [-0.3, -0.25) is 14.9 Å². The van der Waals surface area contributed by atoms with Crippen molar-refractivity contribution in [3.63, 3.8) is 0 Å². The first-order valence-electron chi connectivity index (χ1n) is 13.7. The Hall–Kier alpha value is -4.17. The Morgan fingerprint density at radius 3 is 2.78 bits per heavy atom. The summed E-state index contributed by atoms with van der Waals surface area (Å²) in [7, 11) is 3.76. The first-order valence-corrected chi connectivity index (χ1v) is 14.5. The van der Waals surface area contributed by atoms with Crippen LogP contribution in [0.5, 0.6) is 0 Å². The minimum Gasteiger partial charge on any atom is -0.367 e. The Morgan fingerprint density at radius 1 is 1.22 bits per heavy atom. The van der Waals surface area contributed by atoms with E-state index < -0.39 is 0 Å². The Labute approximate surface area is 242 Å². The van der Waals surface area contributed by atoms with Crippen LogP contribution in [0.25, 0.3) is 5.82 Å². The molecule has 0 atom stereocenters. The number of likely N-dealkylation sites (N-methyl/N-ethyl adjacent to an activating group) is 1. The van der Waals surface area contributed by atoms with E-state index in [1.807, 2.05) is 32.9 Å². The van der Waals surface area contributed by atoms with Crippen molar-refractivity contribution in [2.24, 2.45) is 0 Å². The lowest BCUT2D eigenvalue weighted by Gasteiger charge is -2.21. The van der Waals surface area contributed by atoms with Crippen molar-refractivity contribution in [3.8, 4) is 5.82 Å². The molecule has 1 aliphatic rings. The Bertz CT molecular complexity index is 1490. The number of hydrogen-bond donors (Lipinski definition) is 2. The predicted octanol–water partition coefficient (Wildman–Crippen LogP) is 3.78. The highest BCUT2D eigenvalue weighted by molar-refractivity contribution is 7.15. The van der Waals surface area contributed by atoms with E-state index in [0.717, 1.165) is 37.2 Å². The van der Waals surface area contributed by atoms with E-state index in [-0.39, 0.29) is 17.5 Å². The number of fused-ring (bicyclic) bond motifs is 1. The second-order valence-electron chi connectivity index (χ2n) is 9.38. The van der Waals surface area contributed by atoms with Gasteiger partial charge in [0.1, 0.15) is 0 Å². The van der Waals surface area contributed by atoms with Gasteiger partial charge in [-0.15, -0.1) is 16.4 Å². The monoisotopic (exact) mass is 580 g/mol. The van der Waals surface area contributed by atoms with Crippen LogP contribution < -0.4 is 10.6 Å². The molecular formula is C27H36N10O3S. The van der Waals surface area contributed by atoms with Crippen molar-refractivity contribution in [2.45, 2.75) is 53.6 Å². The van der Waals surface area contributed by atoms with Crippen LogP contribution in [0.1, 0.15) is 69.9 Å². The maximum Gasteiger partial charge on any atom is 0.276 e. The summed E-state index contributed by atoms with van der Waals surface area (Å²) < 4.78 is 6.21. The van der Waals surface area contributed by atoms with Crippen molar-refractivity contribution in [1.29, 1.82) is 0 Å². The molecule has 4 aromatic rings. The lowest BCUT2D eigenvalue weighted by Crippen LogP contribution is -2.32. The summed E-state index contributed by atoms with van der Waals surface area (Å²) in [6.45, 7) is 10.4. The molecular weight excluding hydrogens is 544 g/mol. The van der Waals surface area contributed by atoms with E-state index in [1.54, 1.807) is 31.0 Å². The second kappa shape index (κ2) is 13.5. The van der Waals surface area contributed by atoms with Crippen LogP contribution in [0.4, 0.5) is 10.9 Å². The molecule has 2 N–H and O–H groups in total. The molecule has 0 aliphatic carbocycles. The Kier molecular flexibility index (Phi) is 9.78. The summed E-state index contributed by atoms with van der Waals surface area (Å²) in [5, 5.41) is 22.3. The smallest absolute Gasteiger partial charge is 0.276 e. The number of nitrogens with one attached hydrogen (secondary N) is 2. The largest absolute Gasteiger partial charge is 0.367 e. The molecule has 218 valence electrons. The fourth-order valence-corrected chi connectivity index (χ4v) is 5.54. The minimum absolute atomic E-state index is 0.209. The van der Waals surface area contributed by atoms with Crippen LogP contribution in [0.15, 0.2) is 28.9 Å². The van der Waals surface area contributed by atoms with Gasteiger partial charge >= 0.3 is 0 Å². The summed E-state index contributed by atoms with van der Waals surface area (Å²) in [5.74, 6) is 0.199. The van der Waals surface area contributed by atoms with Crippen LogP contribution in [0.3, 0.4) is 0 Å². The van der Waals surface area contributed by atoms with Gasteiger partial charge in [0.15, 0.2) is 10.8 Å². The van der Waals surface area contributed by atoms with Crippen LogP contribution in [-0.2, 0) is 19.5 Å². The molecule has 0 radical (unpaired) electrons. The Morgan fingerprint density at radius 2 is 2.02 bits per heavy atom. The van der Waals surface area contributed by atoms with E-state index in [2.05, 4.69) is 48.2 Å². The molecule has 0 spiro atoms. The summed E-state index contributed by atoms with van der Waals surface area (Å²) in [5.41, 5.74) is 3.11. The van der Waals surface area contributed by atoms with Crippen LogP contribution >= 0.6 is 11.3 Å². The van der Waals surface area contributed by atoms with Gasteiger partial charge < -0.3 is 15.1 Å². The minimum atomic E-state index is -0.267. The van der Waals surface area contributed by atoms with Gasteiger partial charge in [0, 0.05) is 50.1 Å². The number of aromatic nitrogens is 6. The maximum absolute atomic E-state index is 13.5. The van der Waals surface area contributed by atoms with Gasteiger partial charge in [-0.1, -0.05) is 38.1 Å². The molecule has 0 unspecified atom stereocenters. The average Bonchev–Trinajstić information content (AvgIpc) is 3.71. The molecule has 2 amide bonds. The summed E-state index contributed by atoms with van der Waals surface area (Å²) in [6, 6.07) is 7.28. The fraction of sp³-hybridized carbons (Fsp3) is 0.444. The van der Waals surface area contributed by atoms with Crippen molar-refractivity contribution >= 4 is 34.1 Å². The molecule has 1 aliphatic heterocycles. The van der Waals surface area contributed by atoms with Crippen molar-refractivity contribution in [3.05, 3.63) is 57.4 Å². The van der Waals surface area contributed by atoms with Crippen LogP contribution in [0, 0.1) is 6.92 Å². The number of benzene rings is 1. The molecule has 0 saturated carbocycles. The highest BCUT2D eigenvalue weighted by atomic mass is 32.1. The van der Waals surface area contributed by atoms with Gasteiger partial charge in [-0.25, -0.2) is 9.61 Å². The van der Waals surface area contributed by atoms with Gasteiger partial charge in [0.05, 0.1) is 11.4 Å². The third-order valence-corrected chi connectivity index (χ3v) is 7.49. The molecule has 0 fully saturated rings. The normalized spacial score (nSPS) is 12.7.